The molecule has 0 aliphatic carbocycles. The first-order valence-electron chi connectivity index (χ1n) is 5.62. The first-order chi connectivity index (χ1) is 8.52. The number of phenols is 1. The highest BCUT2D eigenvalue weighted by Crippen LogP contribution is 2.27. The van der Waals surface area contributed by atoms with Gasteiger partial charge in [-0.3, -0.25) is 0 Å². The van der Waals surface area contributed by atoms with E-state index in [0.717, 1.165) is 0 Å². The molecule has 0 saturated carbocycles. The summed E-state index contributed by atoms with van der Waals surface area (Å²) in [7, 11) is 0. The number of aromatic hydroxyl groups is 1. The molecule has 0 amide bonds. The SMILES string of the molecule is CC(C)c1c(C(=O)O)cnn1-c1ccccc1O. The van der Waals surface area contributed by atoms with E-state index >= 15 is 0 Å². The molecular weight excluding hydrogens is 232 g/mol. The van der Waals surface area contributed by atoms with Crippen LogP contribution in [0.1, 0.15) is 35.8 Å². The van der Waals surface area contributed by atoms with Crippen molar-refractivity contribution in [1.82, 2.24) is 9.78 Å². The zero-order chi connectivity index (χ0) is 13.3. The lowest BCUT2D eigenvalue weighted by Crippen LogP contribution is -2.08. The standard InChI is InChI=1S/C13H14N2O3/c1-8(2)12-9(13(17)18)7-14-15(12)10-5-3-4-6-11(10)16/h3-8,16H,1-2H3,(H,17,18). The number of carboxylic acids is 1. The van der Waals surface area contributed by atoms with Gasteiger partial charge < -0.3 is 10.2 Å². The number of benzene rings is 1. The van der Waals surface area contributed by atoms with E-state index < -0.39 is 5.97 Å². The van der Waals surface area contributed by atoms with Crippen LogP contribution in [-0.2, 0) is 0 Å². The van der Waals surface area contributed by atoms with Crippen LogP contribution in [0.3, 0.4) is 0 Å². The summed E-state index contributed by atoms with van der Waals surface area (Å²) in [6, 6.07) is 6.71. The molecule has 0 bridgehead atoms. The lowest BCUT2D eigenvalue weighted by Gasteiger charge is -2.12. The van der Waals surface area contributed by atoms with E-state index in [4.69, 9.17) is 5.11 Å². The zero-order valence-corrected chi connectivity index (χ0v) is 10.2. The molecule has 0 atom stereocenters. The number of hydrogen-bond acceptors (Lipinski definition) is 3. The predicted octanol–water partition coefficient (Wildman–Crippen LogP) is 2.40. The first kappa shape index (κ1) is 12.2. The van der Waals surface area contributed by atoms with Crippen molar-refractivity contribution in [3.05, 3.63) is 41.7 Å². The Balaban J connectivity index is 2.66. The number of aromatic nitrogens is 2. The largest absolute Gasteiger partial charge is 0.506 e. The average molecular weight is 246 g/mol. The van der Waals surface area contributed by atoms with Crippen LogP contribution in [0, 0.1) is 0 Å². The van der Waals surface area contributed by atoms with Gasteiger partial charge in [-0.05, 0) is 18.1 Å². The molecule has 0 aliphatic heterocycles. The van der Waals surface area contributed by atoms with E-state index in [0.29, 0.717) is 11.4 Å². The van der Waals surface area contributed by atoms with Crippen LogP contribution in [0.2, 0.25) is 0 Å². The van der Waals surface area contributed by atoms with Gasteiger partial charge >= 0.3 is 5.97 Å². The molecule has 0 aliphatic rings. The summed E-state index contributed by atoms with van der Waals surface area (Å²) >= 11 is 0. The fraction of sp³-hybridized carbons (Fsp3) is 0.231. The Labute approximate surface area is 104 Å². The molecule has 0 spiro atoms. The summed E-state index contributed by atoms with van der Waals surface area (Å²) in [5, 5.41) is 23.0. The summed E-state index contributed by atoms with van der Waals surface area (Å²) in [6.07, 6.45) is 1.31. The highest BCUT2D eigenvalue weighted by Gasteiger charge is 2.21. The fourth-order valence-electron chi connectivity index (χ4n) is 1.91. The highest BCUT2D eigenvalue weighted by molar-refractivity contribution is 5.89. The van der Waals surface area contributed by atoms with Gasteiger partial charge in [-0.1, -0.05) is 26.0 Å². The van der Waals surface area contributed by atoms with Crippen molar-refractivity contribution in [3.63, 3.8) is 0 Å². The number of carboxylic acid groups (broad SMARTS) is 1. The molecule has 1 aromatic heterocycles. The van der Waals surface area contributed by atoms with Gasteiger partial charge in [0.15, 0.2) is 0 Å². The molecule has 0 unspecified atom stereocenters. The molecule has 1 aromatic carbocycles. The second-order valence-corrected chi connectivity index (χ2v) is 4.30. The summed E-state index contributed by atoms with van der Waals surface area (Å²) in [5.41, 5.74) is 1.21. The van der Waals surface area contributed by atoms with E-state index in [1.54, 1.807) is 24.3 Å². The Morgan fingerprint density at radius 2 is 2.00 bits per heavy atom. The number of hydrogen-bond donors (Lipinski definition) is 2. The minimum atomic E-state index is -1.01. The molecule has 18 heavy (non-hydrogen) atoms. The van der Waals surface area contributed by atoms with Gasteiger partial charge in [0.05, 0.1) is 11.9 Å². The quantitative estimate of drug-likeness (QED) is 0.872. The Morgan fingerprint density at radius 1 is 1.33 bits per heavy atom. The maximum atomic E-state index is 11.1. The topological polar surface area (TPSA) is 75.3 Å². The van der Waals surface area contributed by atoms with Gasteiger partial charge in [-0.25, -0.2) is 9.48 Å². The third kappa shape index (κ3) is 1.95. The van der Waals surface area contributed by atoms with Gasteiger partial charge in [0.2, 0.25) is 0 Å². The van der Waals surface area contributed by atoms with Crippen LogP contribution < -0.4 is 0 Å². The molecule has 0 radical (unpaired) electrons. The second kappa shape index (κ2) is 4.52. The normalized spacial score (nSPS) is 10.8. The average Bonchev–Trinajstić information content (AvgIpc) is 2.74. The van der Waals surface area contributed by atoms with Gasteiger partial charge in [-0.15, -0.1) is 0 Å². The number of carbonyl (C=O) groups is 1. The van der Waals surface area contributed by atoms with Crippen molar-refractivity contribution in [3.8, 4) is 11.4 Å². The number of aromatic carboxylic acids is 1. The first-order valence-corrected chi connectivity index (χ1v) is 5.62. The number of nitrogens with zero attached hydrogens (tertiary/aromatic N) is 2. The summed E-state index contributed by atoms with van der Waals surface area (Å²) in [6.45, 7) is 3.78. The summed E-state index contributed by atoms with van der Waals surface area (Å²) in [4.78, 5) is 11.1. The fourth-order valence-corrected chi connectivity index (χ4v) is 1.91. The monoisotopic (exact) mass is 246 g/mol. The van der Waals surface area contributed by atoms with Gasteiger partial charge in [-0.2, -0.15) is 5.10 Å². The van der Waals surface area contributed by atoms with Gasteiger partial charge in [0, 0.05) is 0 Å². The minimum Gasteiger partial charge on any atom is -0.506 e. The third-order valence-corrected chi connectivity index (χ3v) is 2.69. The second-order valence-electron chi connectivity index (χ2n) is 4.30. The molecule has 2 rings (SSSR count). The van der Waals surface area contributed by atoms with Crippen LogP contribution >= 0.6 is 0 Å². The Kier molecular flexibility index (Phi) is 3.06. The molecule has 5 nitrogen and oxygen atoms in total. The van der Waals surface area contributed by atoms with Crippen LogP contribution in [0.15, 0.2) is 30.5 Å². The van der Waals surface area contributed by atoms with Crippen molar-refractivity contribution >= 4 is 5.97 Å². The molecule has 0 saturated heterocycles. The van der Waals surface area contributed by atoms with E-state index in [-0.39, 0.29) is 17.2 Å². The molecule has 0 fully saturated rings. The molecule has 94 valence electrons. The third-order valence-electron chi connectivity index (χ3n) is 2.69. The molecular formula is C13H14N2O3. The van der Waals surface area contributed by atoms with Crippen LogP contribution in [-0.4, -0.2) is 26.0 Å². The van der Waals surface area contributed by atoms with Crippen molar-refractivity contribution in [2.45, 2.75) is 19.8 Å². The number of para-hydroxylation sites is 2. The van der Waals surface area contributed by atoms with Crippen molar-refractivity contribution in [2.24, 2.45) is 0 Å². The minimum absolute atomic E-state index is 0.0155. The van der Waals surface area contributed by atoms with Crippen LogP contribution in [0.25, 0.3) is 5.69 Å². The summed E-state index contributed by atoms with van der Waals surface area (Å²) in [5.74, 6) is -0.960. The highest BCUT2D eigenvalue weighted by atomic mass is 16.4. The Hall–Kier alpha value is -2.30. The lowest BCUT2D eigenvalue weighted by atomic mass is 10.1. The maximum absolute atomic E-state index is 11.1. The Morgan fingerprint density at radius 3 is 2.56 bits per heavy atom. The summed E-state index contributed by atoms with van der Waals surface area (Å²) < 4.78 is 1.48. The van der Waals surface area contributed by atoms with Crippen LogP contribution in [0.4, 0.5) is 0 Å². The number of phenolic OH excluding ortho intramolecular Hbond substituents is 1. The van der Waals surface area contributed by atoms with E-state index in [2.05, 4.69) is 5.10 Å². The van der Waals surface area contributed by atoms with Crippen molar-refractivity contribution < 1.29 is 15.0 Å². The van der Waals surface area contributed by atoms with Gasteiger partial charge in [0.25, 0.3) is 0 Å². The van der Waals surface area contributed by atoms with E-state index in [1.165, 1.54) is 10.9 Å². The Bertz CT molecular complexity index is 588. The van der Waals surface area contributed by atoms with Crippen molar-refractivity contribution in [1.29, 1.82) is 0 Å². The smallest absolute Gasteiger partial charge is 0.339 e. The van der Waals surface area contributed by atoms with Crippen molar-refractivity contribution in [2.75, 3.05) is 0 Å². The number of rotatable bonds is 3. The van der Waals surface area contributed by atoms with E-state index in [9.17, 15) is 9.90 Å². The van der Waals surface area contributed by atoms with Crippen LogP contribution in [0.5, 0.6) is 5.75 Å². The molecule has 5 heteroatoms. The molecule has 2 N–H and O–H groups in total. The van der Waals surface area contributed by atoms with E-state index in [1.807, 2.05) is 13.8 Å². The lowest BCUT2D eigenvalue weighted by molar-refractivity contribution is 0.0695. The maximum Gasteiger partial charge on any atom is 0.339 e. The molecule has 2 aromatic rings. The zero-order valence-electron chi connectivity index (χ0n) is 10.2. The van der Waals surface area contributed by atoms with Gasteiger partial charge in [0.1, 0.15) is 17.0 Å². The predicted molar refractivity (Wildman–Crippen MR) is 66.3 cm³/mol. The molecule has 1 heterocycles.